The molecule has 3 rings (SSSR count). The highest BCUT2D eigenvalue weighted by atomic mass is 16.5. The van der Waals surface area contributed by atoms with Gasteiger partial charge >= 0.3 is 5.97 Å². The molecule has 1 aliphatic rings. The van der Waals surface area contributed by atoms with E-state index in [-0.39, 0.29) is 5.97 Å². The summed E-state index contributed by atoms with van der Waals surface area (Å²) >= 11 is 0. The molecule has 1 aliphatic carbocycles. The predicted octanol–water partition coefficient (Wildman–Crippen LogP) is 9.36. The maximum Gasteiger partial charge on any atom is 0.343 e. The first-order valence-corrected chi connectivity index (χ1v) is 15.1. The number of benzene rings is 1. The maximum absolute atomic E-state index is 12.5. The van der Waals surface area contributed by atoms with E-state index in [9.17, 15) is 4.79 Å². The van der Waals surface area contributed by atoms with Gasteiger partial charge in [0, 0.05) is 5.69 Å². The van der Waals surface area contributed by atoms with Gasteiger partial charge in [0.25, 0.3) is 0 Å². The number of aromatic nitrogens is 1. The summed E-state index contributed by atoms with van der Waals surface area (Å²) in [5, 5.41) is 0. The lowest BCUT2D eigenvalue weighted by molar-refractivity contribution is 0.0734. The molecule has 0 atom stereocenters. The van der Waals surface area contributed by atoms with Crippen LogP contribution in [0.3, 0.4) is 0 Å². The van der Waals surface area contributed by atoms with Crippen LogP contribution in [0.25, 0.3) is 0 Å². The Bertz CT molecular complexity index is 869. The van der Waals surface area contributed by atoms with E-state index in [2.05, 4.69) is 18.8 Å². The Morgan fingerprint density at radius 1 is 0.757 bits per heavy atom. The normalized spacial score (nSPS) is 17.5. The van der Waals surface area contributed by atoms with E-state index in [1.807, 2.05) is 24.3 Å². The van der Waals surface area contributed by atoms with Crippen LogP contribution in [0.2, 0.25) is 0 Å². The van der Waals surface area contributed by atoms with Gasteiger partial charge in [-0.2, -0.15) is 0 Å². The summed E-state index contributed by atoms with van der Waals surface area (Å²) in [6.45, 7) is 5.20. The summed E-state index contributed by atoms with van der Waals surface area (Å²) in [6.07, 6.45) is 22.6. The summed E-state index contributed by atoms with van der Waals surface area (Å²) in [6, 6.07) is 11.0. The van der Waals surface area contributed by atoms with Crippen molar-refractivity contribution in [3.8, 4) is 11.5 Å². The highest BCUT2D eigenvalue weighted by Gasteiger charge is 2.21. The number of pyridine rings is 1. The van der Waals surface area contributed by atoms with Crippen molar-refractivity contribution in [3.05, 3.63) is 53.9 Å². The molecular formula is C33H49NO3. The van der Waals surface area contributed by atoms with Gasteiger partial charge in [-0.3, -0.25) is 4.98 Å². The molecule has 0 amide bonds. The topological polar surface area (TPSA) is 48.4 Å². The lowest BCUT2D eigenvalue weighted by Gasteiger charge is -2.28. The zero-order valence-electron chi connectivity index (χ0n) is 23.4. The highest BCUT2D eigenvalue weighted by Crippen LogP contribution is 2.34. The Hall–Kier alpha value is -2.36. The van der Waals surface area contributed by atoms with E-state index in [1.165, 1.54) is 89.9 Å². The Morgan fingerprint density at radius 2 is 1.38 bits per heavy atom. The second kappa shape index (κ2) is 17.2. The number of rotatable bonds is 17. The zero-order chi connectivity index (χ0) is 26.1. The Kier molecular flexibility index (Phi) is 13.6. The van der Waals surface area contributed by atoms with E-state index in [0.717, 1.165) is 36.1 Å². The van der Waals surface area contributed by atoms with Gasteiger partial charge in [-0.05, 0) is 67.5 Å². The molecule has 1 saturated carbocycles. The SMILES string of the molecule is CCCCCCC[C@H]1CC[C@H](CCc2ccc(OC(=O)c3ccc(OCCCCCC)cc3)cn2)CC1. The van der Waals surface area contributed by atoms with Crippen LogP contribution in [-0.4, -0.2) is 17.6 Å². The summed E-state index contributed by atoms with van der Waals surface area (Å²) in [4.78, 5) is 17.1. The Balaban J connectivity index is 1.32. The van der Waals surface area contributed by atoms with Gasteiger partial charge in [-0.1, -0.05) is 97.3 Å². The zero-order valence-corrected chi connectivity index (χ0v) is 23.4. The van der Waals surface area contributed by atoms with Gasteiger partial charge in [0.1, 0.15) is 11.5 Å². The first-order valence-electron chi connectivity index (χ1n) is 15.1. The van der Waals surface area contributed by atoms with Crippen molar-refractivity contribution in [2.75, 3.05) is 6.61 Å². The number of ether oxygens (including phenoxy) is 2. The molecule has 37 heavy (non-hydrogen) atoms. The molecule has 0 spiro atoms. The van der Waals surface area contributed by atoms with Crippen LogP contribution in [0.4, 0.5) is 0 Å². The Labute approximate surface area is 225 Å². The third kappa shape index (κ3) is 11.3. The van der Waals surface area contributed by atoms with Gasteiger partial charge in [0.15, 0.2) is 0 Å². The standard InChI is InChI=1S/C33H49NO3/c1-3-5-7-9-10-12-27-13-15-28(16-14-27)17-20-30-21-24-32(26-34-30)37-33(35)29-18-22-31(23-19-29)36-25-11-8-6-4-2/h18-19,21-24,26-28H,3-17,20,25H2,1-2H3/t27-,28-. The molecule has 2 aromatic rings. The minimum absolute atomic E-state index is 0.369. The second-order valence-corrected chi connectivity index (χ2v) is 10.9. The fourth-order valence-electron chi connectivity index (χ4n) is 5.39. The number of nitrogens with zero attached hydrogens (tertiary/aromatic N) is 1. The monoisotopic (exact) mass is 507 g/mol. The molecule has 204 valence electrons. The second-order valence-electron chi connectivity index (χ2n) is 10.9. The van der Waals surface area contributed by atoms with E-state index < -0.39 is 0 Å². The average molecular weight is 508 g/mol. The summed E-state index contributed by atoms with van der Waals surface area (Å²) < 4.78 is 11.3. The Morgan fingerprint density at radius 3 is 2.03 bits per heavy atom. The summed E-state index contributed by atoms with van der Waals surface area (Å²) in [5.74, 6) is 2.70. The summed E-state index contributed by atoms with van der Waals surface area (Å²) in [7, 11) is 0. The average Bonchev–Trinajstić information content (AvgIpc) is 2.93. The van der Waals surface area contributed by atoms with Crippen molar-refractivity contribution in [3.63, 3.8) is 0 Å². The van der Waals surface area contributed by atoms with Gasteiger partial charge in [0.05, 0.1) is 18.4 Å². The fourth-order valence-corrected chi connectivity index (χ4v) is 5.39. The van der Waals surface area contributed by atoms with Gasteiger partial charge in [-0.15, -0.1) is 0 Å². The van der Waals surface area contributed by atoms with Crippen LogP contribution < -0.4 is 9.47 Å². The van der Waals surface area contributed by atoms with Crippen molar-refractivity contribution in [1.82, 2.24) is 4.98 Å². The molecular weight excluding hydrogens is 458 g/mol. The van der Waals surface area contributed by atoms with Crippen LogP contribution in [0, 0.1) is 11.8 Å². The number of unbranched alkanes of at least 4 members (excludes halogenated alkanes) is 7. The molecule has 0 N–H and O–H groups in total. The highest BCUT2D eigenvalue weighted by molar-refractivity contribution is 5.91. The molecule has 0 radical (unpaired) electrons. The fraction of sp³-hybridized carbons (Fsp3) is 0.636. The number of carbonyl (C=O) groups excluding carboxylic acids is 1. The van der Waals surface area contributed by atoms with E-state index in [1.54, 1.807) is 18.3 Å². The molecule has 4 heteroatoms. The van der Waals surface area contributed by atoms with Crippen molar-refractivity contribution < 1.29 is 14.3 Å². The number of carbonyl (C=O) groups is 1. The van der Waals surface area contributed by atoms with Gasteiger partial charge < -0.3 is 9.47 Å². The molecule has 0 bridgehead atoms. The largest absolute Gasteiger partial charge is 0.494 e. The molecule has 4 nitrogen and oxygen atoms in total. The van der Waals surface area contributed by atoms with E-state index in [0.29, 0.717) is 17.9 Å². The molecule has 1 heterocycles. The van der Waals surface area contributed by atoms with Crippen LogP contribution in [0.5, 0.6) is 11.5 Å². The maximum atomic E-state index is 12.5. The third-order valence-corrected chi connectivity index (χ3v) is 7.86. The molecule has 0 unspecified atom stereocenters. The number of hydrogen-bond acceptors (Lipinski definition) is 4. The number of esters is 1. The van der Waals surface area contributed by atoms with Crippen molar-refractivity contribution in [2.45, 2.75) is 117 Å². The van der Waals surface area contributed by atoms with Crippen LogP contribution >= 0.6 is 0 Å². The van der Waals surface area contributed by atoms with Crippen LogP contribution in [0.15, 0.2) is 42.6 Å². The minimum atomic E-state index is -0.369. The van der Waals surface area contributed by atoms with E-state index in [4.69, 9.17) is 9.47 Å². The number of aryl methyl sites for hydroxylation is 1. The molecule has 0 aliphatic heterocycles. The smallest absolute Gasteiger partial charge is 0.343 e. The number of hydrogen-bond donors (Lipinski definition) is 0. The van der Waals surface area contributed by atoms with Crippen LogP contribution in [0.1, 0.15) is 126 Å². The molecule has 1 aromatic heterocycles. The quantitative estimate of drug-likeness (QED) is 0.158. The lowest BCUT2D eigenvalue weighted by atomic mass is 9.78. The summed E-state index contributed by atoms with van der Waals surface area (Å²) in [5.41, 5.74) is 1.59. The minimum Gasteiger partial charge on any atom is -0.494 e. The first-order chi connectivity index (χ1) is 18.2. The van der Waals surface area contributed by atoms with E-state index >= 15 is 0 Å². The van der Waals surface area contributed by atoms with Crippen LogP contribution in [-0.2, 0) is 6.42 Å². The molecule has 1 fully saturated rings. The van der Waals surface area contributed by atoms with Gasteiger partial charge in [0.2, 0.25) is 0 Å². The molecule has 1 aromatic carbocycles. The third-order valence-electron chi connectivity index (χ3n) is 7.86. The lowest BCUT2D eigenvalue weighted by Crippen LogP contribution is -2.15. The predicted molar refractivity (Wildman–Crippen MR) is 152 cm³/mol. The van der Waals surface area contributed by atoms with Crippen molar-refractivity contribution in [2.24, 2.45) is 11.8 Å². The van der Waals surface area contributed by atoms with Gasteiger partial charge in [-0.25, -0.2) is 4.79 Å². The van der Waals surface area contributed by atoms with Crippen molar-refractivity contribution in [1.29, 1.82) is 0 Å². The first kappa shape index (κ1) is 29.2. The van der Waals surface area contributed by atoms with Crippen molar-refractivity contribution >= 4 is 5.97 Å². The molecule has 0 saturated heterocycles.